The Balaban J connectivity index is 0.000000505. The maximum absolute atomic E-state index is 13.8. The molecule has 0 aliphatic heterocycles. The molecule has 1 amide bonds. The first-order chi connectivity index (χ1) is 17.7. The van der Waals surface area contributed by atoms with Crippen LogP contribution in [0.25, 0.3) is 28.2 Å². The molecular weight excluding hydrogens is 506 g/mol. The van der Waals surface area contributed by atoms with Crippen LogP contribution in [0.3, 0.4) is 0 Å². The number of carbonyl (C=O) groups excluding carboxylic acids is 1. The Kier molecular flexibility index (Phi) is 8.13. The lowest BCUT2D eigenvalue weighted by Gasteiger charge is -2.17. The highest BCUT2D eigenvalue weighted by molar-refractivity contribution is 5.91. The van der Waals surface area contributed by atoms with Gasteiger partial charge in [-0.15, -0.1) is 0 Å². The van der Waals surface area contributed by atoms with Gasteiger partial charge in [0.25, 0.3) is 0 Å². The van der Waals surface area contributed by atoms with Crippen LogP contribution in [0.4, 0.5) is 23.4 Å². The number of halogens is 4. The fourth-order valence-corrected chi connectivity index (χ4v) is 3.46. The number of imidazole rings is 1. The van der Waals surface area contributed by atoms with Crippen LogP contribution in [0.5, 0.6) is 0 Å². The van der Waals surface area contributed by atoms with Gasteiger partial charge in [-0.1, -0.05) is 20.8 Å². The summed E-state index contributed by atoms with van der Waals surface area (Å²) < 4.78 is 47.3. The number of anilines is 1. The van der Waals surface area contributed by atoms with Crippen molar-refractivity contribution in [2.45, 2.75) is 40.3 Å². The molecule has 0 fully saturated rings. The molecule has 0 spiro atoms. The number of hydrogen-bond donors (Lipinski definition) is 2. The summed E-state index contributed by atoms with van der Waals surface area (Å²) in [6.07, 6.45) is -1.37. The monoisotopic (exact) mass is 531 g/mol. The van der Waals surface area contributed by atoms with Gasteiger partial charge in [-0.2, -0.15) is 18.3 Å². The van der Waals surface area contributed by atoms with E-state index < -0.39 is 12.1 Å². The molecule has 3 aromatic heterocycles. The van der Waals surface area contributed by atoms with Crippen LogP contribution in [0.1, 0.15) is 32.8 Å². The summed E-state index contributed by atoms with van der Waals surface area (Å²) in [5.74, 6) is -2.66. The van der Waals surface area contributed by atoms with Crippen molar-refractivity contribution < 1.29 is 32.3 Å². The van der Waals surface area contributed by atoms with Crippen LogP contribution in [0.15, 0.2) is 54.9 Å². The number of benzene rings is 1. The number of hydrogen-bond acceptors (Lipinski definition) is 5. The van der Waals surface area contributed by atoms with E-state index >= 15 is 0 Å². The Morgan fingerprint density at radius 1 is 1.03 bits per heavy atom. The van der Waals surface area contributed by atoms with E-state index in [1.165, 1.54) is 6.07 Å². The Morgan fingerprint density at radius 3 is 2.32 bits per heavy atom. The normalized spacial score (nSPS) is 11.6. The highest BCUT2D eigenvalue weighted by Gasteiger charge is 2.38. The highest BCUT2D eigenvalue weighted by Crippen LogP contribution is 2.33. The third-order valence-electron chi connectivity index (χ3n) is 5.06. The fraction of sp³-hybridized carbons (Fsp3) is 0.269. The molecule has 0 saturated heterocycles. The molecule has 0 bridgehead atoms. The molecule has 0 unspecified atom stereocenters. The summed E-state index contributed by atoms with van der Waals surface area (Å²) in [4.78, 5) is 30.3. The molecule has 0 aliphatic rings. The summed E-state index contributed by atoms with van der Waals surface area (Å²) in [5.41, 5.74) is 4.10. The lowest BCUT2D eigenvalue weighted by atomic mass is 9.92. The zero-order chi connectivity index (χ0) is 28.3. The molecule has 12 heteroatoms. The Morgan fingerprint density at radius 2 is 1.71 bits per heavy atom. The van der Waals surface area contributed by atoms with Gasteiger partial charge in [-0.05, 0) is 60.4 Å². The molecule has 2 N–H and O–H groups in total. The molecule has 0 atom stereocenters. The van der Waals surface area contributed by atoms with Crippen molar-refractivity contribution in [1.82, 2.24) is 19.6 Å². The minimum Gasteiger partial charge on any atom is -0.475 e. The summed E-state index contributed by atoms with van der Waals surface area (Å²) in [5, 5.41) is 14.5. The molecule has 4 rings (SSSR count). The standard InChI is InChI=1S/C24H24FN5O.C2HF3O2/c1-15-12-16(7-8-18(15)25)22-23(30-20(29-22)6-5-10-27-30)17-9-11-26-19(13-17)28-21(31)14-24(2,3)4;3-2(4,5)1(6)7/h5-13H,14H2,1-4H3,(H,26,28,31);(H,6,7). The summed E-state index contributed by atoms with van der Waals surface area (Å²) in [6.45, 7) is 7.76. The number of carboxylic acid groups (broad SMARTS) is 1. The maximum Gasteiger partial charge on any atom is 0.490 e. The lowest BCUT2D eigenvalue weighted by Crippen LogP contribution is -2.21. The van der Waals surface area contributed by atoms with Gasteiger partial charge in [-0.3, -0.25) is 4.79 Å². The topological polar surface area (TPSA) is 109 Å². The molecule has 3 heterocycles. The second-order valence-corrected chi connectivity index (χ2v) is 9.58. The van der Waals surface area contributed by atoms with Crippen molar-refractivity contribution in [3.8, 4) is 22.5 Å². The number of aryl methyl sites for hydroxylation is 1. The van der Waals surface area contributed by atoms with Crippen molar-refractivity contribution in [2.24, 2.45) is 5.41 Å². The van der Waals surface area contributed by atoms with Gasteiger partial charge in [0, 0.05) is 29.9 Å². The number of aromatic nitrogens is 4. The van der Waals surface area contributed by atoms with E-state index in [9.17, 15) is 22.4 Å². The van der Waals surface area contributed by atoms with Crippen molar-refractivity contribution in [2.75, 3.05) is 5.32 Å². The van der Waals surface area contributed by atoms with E-state index in [0.717, 1.165) is 16.8 Å². The van der Waals surface area contributed by atoms with E-state index in [1.807, 2.05) is 39.0 Å². The quantitative estimate of drug-likeness (QED) is 0.317. The van der Waals surface area contributed by atoms with Crippen molar-refractivity contribution >= 4 is 23.3 Å². The van der Waals surface area contributed by atoms with E-state index in [1.54, 1.807) is 42.0 Å². The first kappa shape index (κ1) is 28.2. The number of nitrogens with one attached hydrogen (secondary N) is 1. The molecule has 1 aromatic carbocycles. The van der Waals surface area contributed by atoms with Gasteiger partial charge in [-0.25, -0.2) is 23.7 Å². The van der Waals surface area contributed by atoms with E-state index in [2.05, 4.69) is 15.4 Å². The van der Waals surface area contributed by atoms with E-state index in [-0.39, 0.29) is 17.1 Å². The summed E-state index contributed by atoms with van der Waals surface area (Å²) >= 11 is 0. The molecule has 200 valence electrons. The van der Waals surface area contributed by atoms with Crippen molar-refractivity contribution in [3.63, 3.8) is 0 Å². The van der Waals surface area contributed by atoms with Crippen LogP contribution < -0.4 is 5.32 Å². The van der Waals surface area contributed by atoms with Crippen molar-refractivity contribution in [1.29, 1.82) is 0 Å². The lowest BCUT2D eigenvalue weighted by molar-refractivity contribution is -0.192. The van der Waals surface area contributed by atoms with Crippen LogP contribution in [-0.2, 0) is 9.59 Å². The predicted molar refractivity (Wildman–Crippen MR) is 133 cm³/mol. The average molecular weight is 532 g/mol. The Hall–Kier alpha value is -4.35. The van der Waals surface area contributed by atoms with Gasteiger partial charge < -0.3 is 10.4 Å². The predicted octanol–water partition coefficient (Wildman–Crippen LogP) is 5.91. The minimum absolute atomic E-state index is 0.0946. The molecule has 0 radical (unpaired) electrons. The number of nitrogens with zero attached hydrogens (tertiary/aromatic N) is 4. The number of carbonyl (C=O) groups is 2. The van der Waals surface area contributed by atoms with E-state index in [4.69, 9.17) is 14.9 Å². The first-order valence-electron chi connectivity index (χ1n) is 11.3. The minimum atomic E-state index is -5.08. The van der Waals surface area contributed by atoms with Gasteiger partial charge in [0.05, 0.1) is 5.69 Å². The molecule has 38 heavy (non-hydrogen) atoms. The van der Waals surface area contributed by atoms with Gasteiger partial charge >= 0.3 is 12.1 Å². The number of carboxylic acids is 1. The Bertz CT molecular complexity index is 1480. The Labute approximate surface area is 215 Å². The van der Waals surface area contributed by atoms with Gasteiger partial charge in [0.1, 0.15) is 17.3 Å². The second-order valence-electron chi connectivity index (χ2n) is 9.58. The first-order valence-corrected chi connectivity index (χ1v) is 11.3. The highest BCUT2D eigenvalue weighted by atomic mass is 19.4. The summed E-state index contributed by atoms with van der Waals surface area (Å²) in [6, 6.07) is 12.3. The van der Waals surface area contributed by atoms with Crippen LogP contribution in [0.2, 0.25) is 0 Å². The van der Waals surface area contributed by atoms with Gasteiger partial charge in [0.15, 0.2) is 5.65 Å². The molecule has 0 saturated carbocycles. The third-order valence-corrected chi connectivity index (χ3v) is 5.06. The van der Waals surface area contributed by atoms with Crippen LogP contribution >= 0.6 is 0 Å². The third kappa shape index (κ3) is 7.11. The zero-order valence-electron chi connectivity index (χ0n) is 21.0. The number of fused-ring (bicyclic) bond motifs is 1. The SMILES string of the molecule is Cc1cc(-c2nc3cccnn3c2-c2ccnc(NC(=O)CC(C)(C)C)c2)ccc1F.O=C(O)C(F)(F)F. The average Bonchev–Trinajstić information content (AvgIpc) is 3.19. The zero-order valence-corrected chi connectivity index (χ0v) is 21.0. The maximum atomic E-state index is 13.8. The molecular formula is C26H25F4N5O3. The number of rotatable bonds is 4. The number of alkyl halides is 3. The van der Waals surface area contributed by atoms with E-state index in [0.29, 0.717) is 29.1 Å². The second kappa shape index (κ2) is 11.0. The number of pyridine rings is 1. The van der Waals surface area contributed by atoms with Gasteiger partial charge in [0.2, 0.25) is 5.91 Å². The molecule has 4 aromatic rings. The number of aliphatic carboxylic acids is 1. The smallest absolute Gasteiger partial charge is 0.475 e. The number of amides is 1. The fourth-order valence-electron chi connectivity index (χ4n) is 3.46. The van der Waals surface area contributed by atoms with Crippen molar-refractivity contribution in [3.05, 3.63) is 66.2 Å². The molecule has 0 aliphatic carbocycles. The summed E-state index contributed by atoms with van der Waals surface area (Å²) in [7, 11) is 0. The molecule has 8 nitrogen and oxygen atoms in total. The van der Waals surface area contributed by atoms with Crippen LogP contribution in [0, 0.1) is 18.2 Å². The van der Waals surface area contributed by atoms with Crippen LogP contribution in [-0.4, -0.2) is 42.7 Å². The largest absolute Gasteiger partial charge is 0.490 e.